The largest absolute Gasteiger partial charge is 0.366 e. The Labute approximate surface area is 134 Å². The Hall–Kier alpha value is -1.97. The molecule has 0 unspecified atom stereocenters. The van der Waals surface area contributed by atoms with Crippen LogP contribution in [0.15, 0.2) is 11.4 Å². The minimum atomic E-state index is 0.596. The summed E-state index contributed by atoms with van der Waals surface area (Å²) in [5.41, 5.74) is 3.77. The van der Waals surface area contributed by atoms with E-state index in [0.29, 0.717) is 11.4 Å². The Kier molecular flexibility index (Phi) is 4.36. The van der Waals surface area contributed by atoms with E-state index in [1.807, 2.05) is 25.2 Å². The first-order valence-electron chi connectivity index (χ1n) is 7.44. The van der Waals surface area contributed by atoms with Crippen LogP contribution in [0.5, 0.6) is 0 Å². The van der Waals surface area contributed by atoms with Gasteiger partial charge in [0.05, 0.1) is 5.69 Å². The fraction of sp³-hybridized carbons (Fsp3) is 0.438. The standard InChI is InChI=1S/C16H19N5S/c1-11-12(2)19-20-16(14(11)9-17)18-5-7-21-6-3-15-13(10-21)4-8-22-15/h4,8H,3,5-7,10H2,1-2H3,(H,18,20). The lowest BCUT2D eigenvalue weighted by Gasteiger charge is -2.26. The molecule has 0 spiro atoms. The first kappa shape index (κ1) is 14.9. The molecule has 6 heteroatoms. The van der Waals surface area contributed by atoms with Gasteiger partial charge in [0.1, 0.15) is 11.6 Å². The van der Waals surface area contributed by atoms with Gasteiger partial charge < -0.3 is 5.32 Å². The molecule has 3 rings (SSSR count). The zero-order chi connectivity index (χ0) is 15.5. The molecule has 0 bridgehead atoms. The smallest absolute Gasteiger partial charge is 0.166 e. The highest BCUT2D eigenvalue weighted by Crippen LogP contribution is 2.23. The summed E-state index contributed by atoms with van der Waals surface area (Å²) in [5.74, 6) is 0.596. The fourth-order valence-electron chi connectivity index (χ4n) is 2.70. The van der Waals surface area contributed by atoms with Crippen LogP contribution in [0.2, 0.25) is 0 Å². The van der Waals surface area contributed by atoms with Crippen LogP contribution in [0.4, 0.5) is 5.82 Å². The highest BCUT2D eigenvalue weighted by atomic mass is 32.1. The molecule has 2 aromatic heterocycles. The normalized spacial score (nSPS) is 14.4. The number of anilines is 1. The third kappa shape index (κ3) is 2.96. The Morgan fingerprint density at radius 3 is 3.09 bits per heavy atom. The fourth-order valence-corrected chi connectivity index (χ4v) is 3.59. The van der Waals surface area contributed by atoms with E-state index in [9.17, 15) is 5.26 Å². The van der Waals surface area contributed by atoms with Crippen molar-refractivity contribution >= 4 is 17.2 Å². The molecule has 114 valence electrons. The van der Waals surface area contributed by atoms with E-state index < -0.39 is 0 Å². The van der Waals surface area contributed by atoms with Crippen LogP contribution in [0.25, 0.3) is 0 Å². The van der Waals surface area contributed by atoms with Gasteiger partial charge in [-0.2, -0.15) is 10.4 Å². The van der Waals surface area contributed by atoms with E-state index in [0.717, 1.165) is 43.9 Å². The highest BCUT2D eigenvalue weighted by Gasteiger charge is 2.17. The molecular formula is C16H19N5S. The van der Waals surface area contributed by atoms with Gasteiger partial charge in [-0.15, -0.1) is 16.4 Å². The first-order chi connectivity index (χ1) is 10.7. The molecule has 22 heavy (non-hydrogen) atoms. The molecule has 0 aromatic carbocycles. The van der Waals surface area contributed by atoms with Gasteiger partial charge in [-0.1, -0.05) is 0 Å². The number of thiophene rings is 1. The molecular weight excluding hydrogens is 294 g/mol. The van der Waals surface area contributed by atoms with Gasteiger partial charge in [-0.25, -0.2) is 0 Å². The van der Waals surface area contributed by atoms with E-state index in [1.165, 1.54) is 10.4 Å². The number of aryl methyl sites for hydroxylation is 1. The average Bonchev–Trinajstić information content (AvgIpc) is 2.98. The lowest BCUT2D eigenvalue weighted by molar-refractivity contribution is 0.266. The summed E-state index contributed by atoms with van der Waals surface area (Å²) in [4.78, 5) is 3.96. The second-order valence-electron chi connectivity index (χ2n) is 5.57. The van der Waals surface area contributed by atoms with Gasteiger partial charge in [0.15, 0.2) is 5.82 Å². The molecule has 0 atom stereocenters. The van der Waals surface area contributed by atoms with Crippen molar-refractivity contribution in [3.63, 3.8) is 0 Å². The van der Waals surface area contributed by atoms with Gasteiger partial charge in [0.25, 0.3) is 0 Å². The van der Waals surface area contributed by atoms with Crippen LogP contribution in [0.3, 0.4) is 0 Å². The Bertz CT molecular complexity index is 716. The number of rotatable bonds is 4. The van der Waals surface area contributed by atoms with Crippen molar-refractivity contribution in [1.82, 2.24) is 15.1 Å². The minimum absolute atomic E-state index is 0.596. The molecule has 0 radical (unpaired) electrons. The van der Waals surface area contributed by atoms with Crippen molar-refractivity contribution in [2.24, 2.45) is 0 Å². The van der Waals surface area contributed by atoms with E-state index >= 15 is 0 Å². The molecule has 2 aromatic rings. The second-order valence-corrected chi connectivity index (χ2v) is 6.57. The van der Waals surface area contributed by atoms with Crippen molar-refractivity contribution in [1.29, 1.82) is 5.26 Å². The monoisotopic (exact) mass is 313 g/mol. The molecule has 0 fully saturated rings. The molecule has 0 saturated carbocycles. The molecule has 1 aliphatic rings. The number of hydrogen-bond acceptors (Lipinski definition) is 6. The number of fused-ring (bicyclic) bond motifs is 1. The first-order valence-corrected chi connectivity index (χ1v) is 8.32. The Balaban J connectivity index is 1.58. The van der Waals surface area contributed by atoms with E-state index in [-0.39, 0.29) is 0 Å². The lowest BCUT2D eigenvalue weighted by atomic mass is 10.1. The number of nitrogens with zero attached hydrogens (tertiary/aromatic N) is 4. The molecule has 0 saturated heterocycles. The van der Waals surface area contributed by atoms with Crippen LogP contribution in [-0.2, 0) is 13.0 Å². The zero-order valence-electron chi connectivity index (χ0n) is 12.9. The van der Waals surface area contributed by atoms with Gasteiger partial charge in [0, 0.05) is 31.1 Å². The van der Waals surface area contributed by atoms with Crippen LogP contribution in [0, 0.1) is 25.2 Å². The topological polar surface area (TPSA) is 64.8 Å². The van der Waals surface area contributed by atoms with Gasteiger partial charge in [-0.05, 0) is 42.8 Å². The maximum atomic E-state index is 9.29. The number of hydrogen-bond donors (Lipinski definition) is 1. The minimum Gasteiger partial charge on any atom is -0.366 e. The van der Waals surface area contributed by atoms with E-state index in [2.05, 4.69) is 37.9 Å². The van der Waals surface area contributed by atoms with Gasteiger partial charge >= 0.3 is 0 Å². The summed E-state index contributed by atoms with van der Waals surface area (Å²) in [7, 11) is 0. The van der Waals surface area contributed by atoms with Crippen molar-refractivity contribution in [2.75, 3.05) is 25.0 Å². The van der Waals surface area contributed by atoms with E-state index in [1.54, 1.807) is 0 Å². The summed E-state index contributed by atoms with van der Waals surface area (Å²) in [6.45, 7) is 7.61. The van der Waals surface area contributed by atoms with Crippen LogP contribution in [0.1, 0.15) is 27.3 Å². The molecule has 1 N–H and O–H groups in total. The SMILES string of the molecule is Cc1nnc(NCCN2CCc3sccc3C2)c(C#N)c1C. The average molecular weight is 313 g/mol. The number of nitriles is 1. The maximum absolute atomic E-state index is 9.29. The van der Waals surface area contributed by atoms with Crippen LogP contribution >= 0.6 is 11.3 Å². The van der Waals surface area contributed by atoms with Crippen molar-refractivity contribution in [2.45, 2.75) is 26.8 Å². The molecule has 5 nitrogen and oxygen atoms in total. The summed E-state index contributed by atoms with van der Waals surface area (Å²) >= 11 is 1.86. The molecule has 1 aliphatic heterocycles. The summed E-state index contributed by atoms with van der Waals surface area (Å²) in [6, 6.07) is 4.45. The van der Waals surface area contributed by atoms with Crippen LogP contribution < -0.4 is 5.32 Å². The maximum Gasteiger partial charge on any atom is 0.166 e. The van der Waals surface area contributed by atoms with Crippen molar-refractivity contribution in [3.8, 4) is 6.07 Å². The number of nitrogens with one attached hydrogen (secondary N) is 1. The van der Waals surface area contributed by atoms with Crippen molar-refractivity contribution < 1.29 is 0 Å². The molecule has 3 heterocycles. The quantitative estimate of drug-likeness (QED) is 0.939. The third-order valence-corrected chi connectivity index (χ3v) is 5.20. The van der Waals surface area contributed by atoms with Crippen LogP contribution in [-0.4, -0.2) is 34.7 Å². The predicted molar refractivity (Wildman–Crippen MR) is 88.0 cm³/mol. The Morgan fingerprint density at radius 1 is 1.41 bits per heavy atom. The molecule has 0 aliphatic carbocycles. The number of aromatic nitrogens is 2. The summed E-state index contributed by atoms with van der Waals surface area (Å²) in [6.07, 6.45) is 1.14. The van der Waals surface area contributed by atoms with Gasteiger partial charge in [0.2, 0.25) is 0 Å². The molecule has 0 amide bonds. The van der Waals surface area contributed by atoms with Gasteiger partial charge in [-0.3, -0.25) is 4.90 Å². The zero-order valence-corrected chi connectivity index (χ0v) is 13.7. The highest BCUT2D eigenvalue weighted by molar-refractivity contribution is 7.10. The van der Waals surface area contributed by atoms with E-state index in [4.69, 9.17) is 0 Å². The van der Waals surface area contributed by atoms with Crippen molar-refractivity contribution in [3.05, 3.63) is 38.7 Å². The lowest BCUT2D eigenvalue weighted by Crippen LogP contribution is -2.33. The third-order valence-electron chi connectivity index (χ3n) is 4.17. The second kappa shape index (κ2) is 6.42. The Morgan fingerprint density at radius 2 is 2.27 bits per heavy atom. The summed E-state index contributed by atoms with van der Waals surface area (Å²) < 4.78 is 0. The summed E-state index contributed by atoms with van der Waals surface area (Å²) in [5, 5.41) is 22.9. The predicted octanol–water partition coefficient (Wildman–Crippen LogP) is 2.50.